The zero-order valence-electron chi connectivity index (χ0n) is 15.6. The van der Waals surface area contributed by atoms with Gasteiger partial charge in [0.15, 0.2) is 5.82 Å². The van der Waals surface area contributed by atoms with Crippen molar-refractivity contribution >= 4 is 17.7 Å². The summed E-state index contributed by atoms with van der Waals surface area (Å²) in [7, 11) is 1.59. The van der Waals surface area contributed by atoms with Crippen LogP contribution in [0.4, 0.5) is 0 Å². The zero-order chi connectivity index (χ0) is 19.4. The molecule has 0 saturated carbocycles. The molecule has 0 aliphatic carbocycles. The number of aryl methyl sites for hydroxylation is 3. The molecule has 1 aromatic carbocycles. The number of hydrogen-bond donors (Lipinski definition) is 1. The molecule has 0 bridgehead atoms. The molecule has 0 radical (unpaired) electrons. The largest absolute Gasteiger partial charge is 0.497 e. The van der Waals surface area contributed by atoms with Crippen molar-refractivity contribution in [2.45, 2.75) is 27.3 Å². The van der Waals surface area contributed by atoms with Crippen LogP contribution in [-0.2, 0) is 11.3 Å². The van der Waals surface area contributed by atoms with Gasteiger partial charge in [-0.25, -0.2) is 4.98 Å². The molecule has 140 valence electrons. The van der Waals surface area contributed by atoms with E-state index in [0.29, 0.717) is 17.5 Å². The molecule has 0 spiro atoms. The fraction of sp³-hybridized carbons (Fsp3) is 0.278. The summed E-state index contributed by atoms with van der Waals surface area (Å²) in [6, 6.07) is 7.33. The van der Waals surface area contributed by atoms with Crippen molar-refractivity contribution in [3.63, 3.8) is 0 Å². The average molecular weight is 368 g/mol. The molecular weight excluding hydrogens is 348 g/mol. The Bertz CT molecular complexity index is 969. The standard InChI is InChI=1S/C18H20N6O3/c1-11-12(2)27-17(20-11)10-19-18(25)16(24-13(3)21-22-23-24)9-14-6-5-7-15(8-14)26-4/h5-9H,10H2,1-4H3,(H,19,25). The number of aromatic nitrogens is 5. The average Bonchev–Trinajstić information content (AvgIpc) is 3.23. The number of oxazole rings is 1. The Morgan fingerprint density at radius 3 is 2.78 bits per heavy atom. The number of tetrazole rings is 1. The van der Waals surface area contributed by atoms with Crippen LogP contribution in [-0.4, -0.2) is 38.2 Å². The Morgan fingerprint density at radius 1 is 1.33 bits per heavy atom. The molecule has 0 fully saturated rings. The minimum Gasteiger partial charge on any atom is -0.497 e. The van der Waals surface area contributed by atoms with Crippen LogP contribution in [0.15, 0.2) is 28.7 Å². The normalized spacial score (nSPS) is 11.5. The van der Waals surface area contributed by atoms with Crippen LogP contribution in [0, 0.1) is 20.8 Å². The van der Waals surface area contributed by atoms with E-state index in [2.05, 4.69) is 25.8 Å². The van der Waals surface area contributed by atoms with Crippen LogP contribution in [0.3, 0.4) is 0 Å². The summed E-state index contributed by atoms with van der Waals surface area (Å²) in [4.78, 5) is 17.1. The van der Waals surface area contributed by atoms with Crippen molar-refractivity contribution in [2.75, 3.05) is 7.11 Å². The van der Waals surface area contributed by atoms with Crippen molar-refractivity contribution in [3.05, 3.63) is 53.0 Å². The first-order valence-corrected chi connectivity index (χ1v) is 8.30. The Morgan fingerprint density at radius 2 is 2.15 bits per heavy atom. The lowest BCUT2D eigenvalue weighted by Crippen LogP contribution is -2.27. The van der Waals surface area contributed by atoms with E-state index in [0.717, 1.165) is 17.0 Å². The van der Waals surface area contributed by atoms with E-state index in [-0.39, 0.29) is 18.1 Å². The van der Waals surface area contributed by atoms with Gasteiger partial charge in [0.05, 0.1) is 19.3 Å². The van der Waals surface area contributed by atoms with E-state index in [1.807, 2.05) is 38.1 Å². The third-order valence-electron chi connectivity index (χ3n) is 3.96. The SMILES string of the molecule is COc1cccc(C=C(C(=O)NCc2nc(C)c(C)o2)n2nnnc2C)c1. The first-order valence-electron chi connectivity index (χ1n) is 8.30. The summed E-state index contributed by atoms with van der Waals surface area (Å²) in [6.45, 7) is 5.55. The molecule has 0 atom stereocenters. The summed E-state index contributed by atoms with van der Waals surface area (Å²) in [6.07, 6.45) is 1.69. The molecule has 2 aromatic heterocycles. The summed E-state index contributed by atoms with van der Waals surface area (Å²) in [5, 5.41) is 14.2. The first-order chi connectivity index (χ1) is 13.0. The minimum atomic E-state index is -0.360. The van der Waals surface area contributed by atoms with E-state index in [9.17, 15) is 4.79 Å². The molecule has 0 aliphatic rings. The number of methoxy groups -OCH3 is 1. The van der Waals surface area contributed by atoms with Crippen molar-refractivity contribution in [3.8, 4) is 5.75 Å². The highest BCUT2D eigenvalue weighted by atomic mass is 16.5. The highest BCUT2D eigenvalue weighted by Gasteiger charge is 2.17. The quantitative estimate of drug-likeness (QED) is 0.662. The van der Waals surface area contributed by atoms with E-state index in [1.54, 1.807) is 20.1 Å². The van der Waals surface area contributed by atoms with Crippen molar-refractivity contribution in [2.24, 2.45) is 0 Å². The topological polar surface area (TPSA) is 108 Å². The van der Waals surface area contributed by atoms with Gasteiger partial charge in [0.2, 0.25) is 5.89 Å². The number of nitrogens with one attached hydrogen (secondary N) is 1. The van der Waals surface area contributed by atoms with E-state index in [4.69, 9.17) is 9.15 Å². The maximum Gasteiger partial charge on any atom is 0.270 e. The number of amides is 1. The number of benzene rings is 1. The number of nitrogens with zero attached hydrogens (tertiary/aromatic N) is 5. The summed E-state index contributed by atoms with van der Waals surface area (Å²) < 4.78 is 12.1. The van der Waals surface area contributed by atoms with Crippen molar-refractivity contribution in [1.29, 1.82) is 0 Å². The Hall–Kier alpha value is -3.49. The monoisotopic (exact) mass is 368 g/mol. The number of ether oxygens (including phenoxy) is 1. The summed E-state index contributed by atoms with van der Waals surface area (Å²) >= 11 is 0. The second-order valence-electron chi connectivity index (χ2n) is 5.88. The third kappa shape index (κ3) is 4.20. The van der Waals surface area contributed by atoms with Crippen molar-refractivity contribution in [1.82, 2.24) is 30.5 Å². The molecule has 0 unspecified atom stereocenters. The molecule has 1 N–H and O–H groups in total. The predicted octanol–water partition coefficient (Wildman–Crippen LogP) is 1.91. The Balaban J connectivity index is 1.88. The van der Waals surface area contributed by atoms with E-state index < -0.39 is 0 Å². The van der Waals surface area contributed by atoms with Crippen LogP contribution < -0.4 is 10.1 Å². The van der Waals surface area contributed by atoms with Gasteiger partial charge in [-0.2, -0.15) is 4.68 Å². The molecule has 2 heterocycles. The molecule has 27 heavy (non-hydrogen) atoms. The number of carbonyl (C=O) groups excluding carboxylic acids is 1. The highest BCUT2D eigenvalue weighted by Crippen LogP contribution is 2.18. The number of carbonyl (C=O) groups is 1. The predicted molar refractivity (Wildman–Crippen MR) is 97.5 cm³/mol. The maximum absolute atomic E-state index is 12.8. The van der Waals surface area contributed by atoms with Gasteiger partial charge in [-0.3, -0.25) is 4.79 Å². The second-order valence-corrected chi connectivity index (χ2v) is 5.88. The van der Waals surface area contributed by atoms with Crippen LogP contribution in [0.5, 0.6) is 5.75 Å². The van der Waals surface area contributed by atoms with Gasteiger partial charge in [-0.15, -0.1) is 5.10 Å². The van der Waals surface area contributed by atoms with Gasteiger partial charge >= 0.3 is 0 Å². The lowest BCUT2D eigenvalue weighted by atomic mass is 10.1. The van der Waals surface area contributed by atoms with E-state index >= 15 is 0 Å². The molecule has 3 rings (SSSR count). The lowest BCUT2D eigenvalue weighted by Gasteiger charge is -2.09. The van der Waals surface area contributed by atoms with Crippen LogP contribution in [0.2, 0.25) is 0 Å². The molecule has 0 aliphatic heterocycles. The Labute approximate surface area is 156 Å². The number of rotatable bonds is 6. The summed E-state index contributed by atoms with van der Waals surface area (Å²) in [5.74, 6) is 1.97. The summed E-state index contributed by atoms with van der Waals surface area (Å²) in [5.41, 5.74) is 1.84. The van der Waals surface area contributed by atoms with Gasteiger partial charge in [-0.05, 0) is 55.0 Å². The van der Waals surface area contributed by atoms with Crippen molar-refractivity contribution < 1.29 is 13.9 Å². The van der Waals surface area contributed by atoms with E-state index in [1.165, 1.54) is 4.68 Å². The molecule has 1 amide bonds. The smallest absolute Gasteiger partial charge is 0.270 e. The van der Waals surface area contributed by atoms with Crippen LogP contribution in [0.1, 0.15) is 28.7 Å². The minimum absolute atomic E-state index is 0.157. The zero-order valence-corrected chi connectivity index (χ0v) is 15.6. The number of hydrogen-bond acceptors (Lipinski definition) is 7. The second kappa shape index (κ2) is 7.81. The highest BCUT2D eigenvalue weighted by molar-refractivity contribution is 6.18. The Kier molecular flexibility index (Phi) is 5.30. The third-order valence-corrected chi connectivity index (χ3v) is 3.96. The van der Waals surface area contributed by atoms with Gasteiger partial charge < -0.3 is 14.5 Å². The van der Waals surface area contributed by atoms with Gasteiger partial charge in [0.25, 0.3) is 5.91 Å². The van der Waals surface area contributed by atoms with Gasteiger partial charge in [0, 0.05) is 0 Å². The molecular formula is C18H20N6O3. The van der Waals surface area contributed by atoms with Gasteiger partial charge in [-0.1, -0.05) is 12.1 Å². The first kappa shape index (κ1) is 18.3. The maximum atomic E-state index is 12.8. The molecule has 9 heteroatoms. The fourth-order valence-corrected chi connectivity index (χ4v) is 2.43. The van der Waals surface area contributed by atoms with Gasteiger partial charge in [0.1, 0.15) is 17.2 Å². The molecule has 9 nitrogen and oxygen atoms in total. The van der Waals surface area contributed by atoms with Crippen LogP contribution in [0.25, 0.3) is 11.8 Å². The lowest BCUT2D eigenvalue weighted by molar-refractivity contribution is -0.116. The fourth-order valence-electron chi connectivity index (χ4n) is 2.43. The van der Waals surface area contributed by atoms with Crippen LogP contribution >= 0.6 is 0 Å². The molecule has 0 saturated heterocycles. The molecule has 3 aromatic rings.